The summed E-state index contributed by atoms with van der Waals surface area (Å²) in [5, 5.41) is 9.09. The molecule has 1 aliphatic rings. The van der Waals surface area contributed by atoms with Crippen molar-refractivity contribution >= 4 is 11.9 Å². The van der Waals surface area contributed by atoms with Crippen LogP contribution in [-0.2, 0) is 9.59 Å². The summed E-state index contributed by atoms with van der Waals surface area (Å²) in [6.45, 7) is 1.29. The van der Waals surface area contributed by atoms with Crippen LogP contribution in [0.4, 0.5) is 0 Å². The standard InChI is InChI=1S/C13H24N2O3/c14-9-5-2-1-3-8-12(16)15-10-6-4-7-11(15)13(17)18/h11H,1-10,14H2,(H,17,18)/t11-/m1/s1. The Morgan fingerprint density at radius 3 is 2.56 bits per heavy atom. The lowest BCUT2D eigenvalue weighted by molar-refractivity contribution is -0.152. The molecular formula is C13H24N2O3. The van der Waals surface area contributed by atoms with E-state index in [-0.39, 0.29) is 5.91 Å². The number of nitrogens with zero attached hydrogens (tertiary/aromatic N) is 1. The van der Waals surface area contributed by atoms with Gasteiger partial charge in [-0.3, -0.25) is 4.79 Å². The molecule has 0 aromatic rings. The van der Waals surface area contributed by atoms with E-state index in [9.17, 15) is 9.59 Å². The number of carbonyl (C=O) groups excluding carboxylic acids is 1. The summed E-state index contributed by atoms with van der Waals surface area (Å²) in [6.07, 6.45) is 6.75. The van der Waals surface area contributed by atoms with Gasteiger partial charge in [0.05, 0.1) is 0 Å². The molecule has 1 amide bonds. The van der Waals surface area contributed by atoms with Crippen molar-refractivity contribution in [3.63, 3.8) is 0 Å². The molecule has 1 fully saturated rings. The van der Waals surface area contributed by atoms with Crippen LogP contribution in [-0.4, -0.2) is 41.0 Å². The van der Waals surface area contributed by atoms with Crippen LogP contribution in [0.25, 0.3) is 0 Å². The van der Waals surface area contributed by atoms with E-state index in [2.05, 4.69) is 0 Å². The first-order chi connectivity index (χ1) is 8.66. The van der Waals surface area contributed by atoms with E-state index in [1.54, 1.807) is 4.90 Å². The third-order valence-electron chi connectivity index (χ3n) is 3.45. The summed E-state index contributed by atoms with van der Waals surface area (Å²) in [5.74, 6) is -0.874. The highest BCUT2D eigenvalue weighted by atomic mass is 16.4. The van der Waals surface area contributed by atoms with E-state index in [1.165, 1.54) is 0 Å². The molecule has 0 bridgehead atoms. The highest BCUT2D eigenvalue weighted by molar-refractivity contribution is 5.83. The predicted octanol–water partition coefficient (Wildman–Crippen LogP) is 1.36. The Hall–Kier alpha value is -1.10. The minimum atomic E-state index is -0.869. The quantitative estimate of drug-likeness (QED) is 0.674. The average Bonchev–Trinajstić information content (AvgIpc) is 2.38. The molecule has 1 saturated heterocycles. The number of unbranched alkanes of at least 4 members (excludes halogenated alkanes) is 3. The molecule has 0 unspecified atom stereocenters. The molecule has 104 valence electrons. The Labute approximate surface area is 108 Å². The van der Waals surface area contributed by atoms with Crippen LogP contribution in [0, 0.1) is 0 Å². The second-order valence-corrected chi connectivity index (χ2v) is 4.89. The maximum absolute atomic E-state index is 12.0. The van der Waals surface area contributed by atoms with Gasteiger partial charge in [0.2, 0.25) is 5.91 Å². The van der Waals surface area contributed by atoms with Gasteiger partial charge in [0.25, 0.3) is 0 Å². The SMILES string of the molecule is NCCCCCCC(=O)N1CCCC[C@@H]1C(=O)O. The van der Waals surface area contributed by atoms with Crippen molar-refractivity contribution in [3.05, 3.63) is 0 Å². The molecule has 1 atom stereocenters. The predicted molar refractivity (Wildman–Crippen MR) is 69.1 cm³/mol. The minimum Gasteiger partial charge on any atom is -0.480 e. The molecule has 3 N–H and O–H groups in total. The first-order valence-corrected chi connectivity index (χ1v) is 6.89. The molecule has 0 aliphatic carbocycles. The van der Waals surface area contributed by atoms with Crippen molar-refractivity contribution < 1.29 is 14.7 Å². The van der Waals surface area contributed by atoms with Gasteiger partial charge < -0.3 is 15.7 Å². The molecule has 1 heterocycles. The van der Waals surface area contributed by atoms with Crippen molar-refractivity contribution in [2.75, 3.05) is 13.1 Å². The molecule has 1 aliphatic heterocycles. The first kappa shape index (κ1) is 15.0. The number of piperidine rings is 1. The Kier molecular flexibility index (Phi) is 6.72. The number of carboxylic acid groups (broad SMARTS) is 1. The third kappa shape index (κ3) is 4.64. The molecule has 0 radical (unpaired) electrons. The molecule has 0 aromatic heterocycles. The summed E-state index contributed by atoms with van der Waals surface area (Å²) >= 11 is 0. The van der Waals surface area contributed by atoms with Gasteiger partial charge in [-0.25, -0.2) is 4.79 Å². The highest BCUT2D eigenvalue weighted by Gasteiger charge is 2.31. The van der Waals surface area contributed by atoms with Crippen LogP contribution in [0.15, 0.2) is 0 Å². The van der Waals surface area contributed by atoms with Gasteiger partial charge in [-0.2, -0.15) is 0 Å². The second-order valence-electron chi connectivity index (χ2n) is 4.89. The van der Waals surface area contributed by atoms with Crippen LogP contribution in [0.5, 0.6) is 0 Å². The maximum atomic E-state index is 12.0. The summed E-state index contributed by atoms with van der Waals surface area (Å²) in [4.78, 5) is 24.6. The summed E-state index contributed by atoms with van der Waals surface area (Å²) in [6, 6.07) is -0.602. The fourth-order valence-electron chi connectivity index (χ4n) is 2.40. The number of amides is 1. The Balaban J connectivity index is 2.32. The topological polar surface area (TPSA) is 83.6 Å². The molecule has 5 nitrogen and oxygen atoms in total. The third-order valence-corrected chi connectivity index (χ3v) is 3.45. The lowest BCUT2D eigenvalue weighted by atomic mass is 10.0. The van der Waals surface area contributed by atoms with Gasteiger partial charge in [-0.1, -0.05) is 12.8 Å². The average molecular weight is 256 g/mol. The van der Waals surface area contributed by atoms with E-state index in [0.29, 0.717) is 25.9 Å². The van der Waals surface area contributed by atoms with Gasteiger partial charge in [-0.05, 0) is 38.6 Å². The molecule has 5 heteroatoms. The normalized spacial score (nSPS) is 19.8. The smallest absolute Gasteiger partial charge is 0.326 e. The van der Waals surface area contributed by atoms with Crippen LogP contribution in [0.3, 0.4) is 0 Å². The summed E-state index contributed by atoms with van der Waals surface area (Å²) in [5.41, 5.74) is 5.40. The molecule has 18 heavy (non-hydrogen) atoms. The largest absolute Gasteiger partial charge is 0.480 e. The first-order valence-electron chi connectivity index (χ1n) is 6.89. The number of hydrogen-bond acceptors (Lipinski definition) is 3. The van der Waals surface area contributed by atoms with Crippen molar-refractivity contribution in [1.82, 2.24) is 4.90 Å². The maximum Gasteiger partial charge on any atom is 0.326 e. The van der Waals surface area contributed by atoms with E-state index < -0.39 is 12.0 Å². The number of carbonyl (C=O) groups is 2. The van der Waals surface area contributed by atoms with Crippen LogP contribution >= 0.6 is 0 Å². The van der Waals surface area contributed by atoms with E-state index >= 15 is 0 Å². The number of likely N-dealkylation sites (tertiary alicyclic amines) is 1. The fraction of sp³-hybridized carbons (Fsp3) is 0.846. The van der Waals surface area contributed by atoms with Gasteiger partial charge >= 0.3 is 5.97 Å². The zero-order chi connectivity index (χ0) is 13.4. The number of rotatable bonds is 7. The lowest BCUT2D eigenvalue weighted by Gasteiger charge is -2.33. The second kappa shape index (κ2) is 8.08. The van der Waals surface area contributed by atoms with Crippen molar-refractivity contribution in [3.8, 4) is 0 Å². The molecule has 1 rings (SSSR count). The monoisotopic (exact) mass is 256 g/mol. The summed E-state index contributed by atoms with van der Waals surface area (Å²) < 4.78 is 0. The van der Waals surface area contributed by atoms with Crippen molar-refractivity contribution in [1.29, 1.82) is 0 Å². The molecular weight excluding hydrogens is 232 g/mol. The van der Waals surface area contributed by atoms with Gasteiger partial charge in [-0.15, -0.1) is 0 Å². The van der Waals surface area contributed by atoms with Crippen LogP contribution in [0.2, 0.25) is 0 Å². The minimum absolute atomic E-state index is 0.00477. The summed E-state index contributed by atoms with van der Waals surface area (Å²) in [7, 11) is 0. The molecule has 0 spiro atoms. The Morgan fingerprint density at radius 2 is 1.89 bits per heavy atom. The Bertz CT molecular complexity index is 281. The number of hydrogen-bond donors (Lipinski definition) is 2. The molecule has 0 saturated carbocycles. The van der Waals surface area contributed by atoms with Gasteiger partial charge in [0.1, 0.15) is 6.04 Å². The van der Waals surface area contributed by atoms with E-state index in [1.807, 2.05) is 0 Å². The molecule has 0 aromatic carbocycles. The van der Waals surface area contributed by atoms with Crippen LogP contribution in [0.1, 0.15) is 51.4 Å². The number of aliphatic carboxylic acids is 1. The van der Waals surface area contributed by atoms with Crippen LogP contribution < -0.4 is 5.73 Å². The Morgan fingerprint density at radius 1 is 1.17 bits per heavy atom. The van der Waals surface area contributed by atoms with Crippen molar-refractivity contribution in [2.45, 2.75) is 57.4 Å². The van der Waals surface area contributed by atoms with E-state index in [4.69, 9.17) is 10.8 Å². The highest BCUT2D eigenvalue weighted by Crippen LogP contribution is 2.19. The van der Waals surface area contributed by atoms with Gasteiger partial charge in [0, 0.05) is 13.0 Å². The fourth-order valence-corrected chi connectivity index (χ4v) is 2.40. The number of nitrogens with two attached hydrogens (primary N) is 1. The van der Waals surface area contributed by atoms with Crippen molar-refractivity contribution in [2.24, 2.45) is 5.73 Å². The van der Waals surface area contributed by atoms with Gasteiger partial charge in [0.15, 0.2) is 0 Å². The van der Waals surface area contributed by atoms with E-state index in [0.717, 1.165) is 38.5 Å². The zero-order valence-electron chi connectivity index (χ0n) is 10.9. The lowest BCUT2D eigenvalue weighted by Crippen LogP contribution is -2.47. The number of carboxylic acids is 1. The zero-order valence-corrected chi connectivity index (χ0v) is 10.9.